The minimum atomic E-state index is -0.663. The van der Waals surface area contributed by atoms with Crippen LogP contribution < -0.4 is 0 Å². The van der Waals surface area contributed by atoms with Gasteiger partial charge in [0.2, 0.25) is 0 Å². The number of esters is 2. The van der Waals surface area contributed by atoms with Crippen molar-refractivity contribution in [2.24, 2.45) is 17.8 Å². The Hall–Kier alpha value is -2.18. The zero-order valence-electron chi connectivity index (χ0n) is 14.8. The molecule has 0 spiro atoms. The van der Waals surface area contributed by atoms with Crippen LogP contribution in [0.5, 0.6) is 0 Å². The van der Waals surface area contributed by atoms with Crippen LogP contribution in [0.3, 0.4) is 0 Å². The molecule has 6 nitrogen and oxygen atoms in total. The molecule has 1 heterocycles. The number of hydrogen-bond acceptors (Lipinski definition) is 6. The highest BCUT2D eigenvalue weighted by Gasteiger charge is 2.56. The summed E-state index contributed by atoms with van der Waals surface area (Å²) in [6.07, 6.45) is 0.309. The maximum atomic E-state index is 12.3. The molecule has 6 atom stereocenters. The summed E-state index contributed by atoms with van der Waals surface area (Å²) in [5, 5.41) is 19.2. The molecule has 6 heteroatoms. The van der Waals surface area contributed by atoms with Gasteiger partial charge in [0.1, 0.15) is 12.2 Å². The van der Waals surface area contributed by atoms with Gasteiger partial charge in [-0.15, -0.1) is 0 Å². The average Bonchev–Trinajstić information content (AvgIpc) is 3.00. The van der Waals surface area contributed by atoms with E-state index in [1.54, 1.807) is 6.92 Å². The summed E-state index contributed by atoms with van der Waals surface area (Å²) in [5.74, 6) is -1.93. The van der Waals surface area contributed by atoms with Gasteiger partial charge in [-0.25, -0.2) is 9.59 Å². The Morgan fingerprint density at radius 1 is 1.35 bits per heavy atom. The Balaban J connectivity index is 1.95. The standard InChI is InChI=1S/C20H24O6/c1-9(5-6-21)19(23)25-15-7-10(2)13-8-14(22)11(3)16(13)18-17(15)12(4)20(24)26-18/h5,13-18,21-22H,2-4,6-8H2,1H3. The van der Waals surface area contributed by atoms with Crippen LogP contribution in [0.15, 0.2) is 48.1 Å². The van der Waals surface area contributed by atoms with E-state index in [0.29, 0.717) is 18.4 Å². The molecule has 1 saturated heterocycles. The van der Waals surface area contributed by atoms with Gasteiger partial charge in [0.05, 0.1) is 18.6 Å². The van der Waals surface area contributed by atoms with Crippen LogP contribution in [-0.2, 0) is 19.1 Å². The molecule has 0 bridgehead atoms. The molecular weight excluding hydrogens is 336 g/mol. The van der Waals surface area contributed by atoms with E-state index in [1.807, 2.05) is 0 Å². The number of aliphatic hydroxyl groups excluding tert-OH is 2. The van der Waals surface area contributed by atoms with Crippen LogP contribution in [0.25, 0.3) is 0 Å². The molecule has 0 amide bonds. The second kappa shape index (κ2) is 6.85. The maximum absolute atomic E-state index is 12.3. The van der Waals surface area contributed by atoms with Gasteiger partial charge >= 0.3 is 11.9 Å². The lowest BCUT2D eigenvalue weighted by Gasteiger charge is -2.28. The Bertz CT molecular complexity index is 718. The first-order valence-corrected chi connectivity index (χ1v) is 8.69. The van der Waals surface area contributed by atoms with Gasteiger partial charge in [0.25, 0.3) is 0 Å². The number of carbonyl (C=O) groups excluding carboxylic acids is 2. The van der Waals surface area contributed by atoms with Crippen molar-refractivity contribution in [1.82, 2.24) is 0 Å². The van der Waals surface area contributed by atoms with Crippen LogP contribution in [0.4, 0.5) is 0 Å². The Morgan fingerprint density at radius 2 is 2.04 bits per heavy atom. The second-order valence-electron chi connectivity index (χ2n) is 7.26. The fraction of sp³-hybridized carbons (Fsp3) is 0.500. The maximum Gasteiger partial charge on any atom is 0.334 e. The predicted molar refractivity (Wildman–Crippen MR) is 93.7 cm³/mol. The molecule has 0 aromatic carbocycles. The summed E-state index contributed by atoms with van der Waals surface area (Å²) in [5.41, 5.74) is 2.01. The number of aliphatic hydroxyl groups is 2. The van der Waals surface area contributed by atoms with E-state index in [1.165, 1.54) is 6.08 Å². The summed E-state index contributed by atoms with van der Waals surface area (Å²) in [4.78, 5) is 24.5. The Kier molecular flexibility index (Phi) is 4.90. The zero-order chi connectivity index (χ0) is 19.2. The van der Waals surface area contributed by atoms with E-state index < -0.39 is 36.2 Å². The summed E-state index contributed by atoms with van der Waals surface area (Å²) < 4.78 is 11.2. The third-order valence-electron chi connectivity index (χ3n) is 5.75. The molecule has 2 saturated carbocycles. The number of rotatable bonds is 3. The molecule has 1 aliphatic heterocycles. The van der Waals surface area contributed by atoms with Crippen LogP contribution in [-0.4, -0.2) is 47.1 Å². The number of fused-ring (bicyclic) bond motifs is 3. The largest absolute Gasteiger partial charge is 0.458 e. The number of hydrogen-bond donors (Lipinski definition) is 2. The van der Waals surface area contributed by atoms with Crippen molar-refractivity contribution >= 4 is 11.9 Å². The van der Waals surface area contributed by atoms with Crippen LogP contribution in [0, 0.1) is 17.8 Å². The molecule has 6 unspecified atom stereocenters. The van der Waals surface area contributed by atoms with Crippen molar-refractivity contribution in [1.29, 1.82) is 0 Å². The third-order valence-corrected chi connectivity index (χ3v) is 5.75. The number of ether oxygens (including phenoxy) is 2. The fourth-order valence-corrected chi connectivity index (χ4v) is 4.32. The van der Waals surface area contributed by atoms with Crippen molar-refractivity contribution in [3.63, 3.8) is 0 Å². The zero-order valence-corrected chi connectivity index (χ0v) is 14.8. The van der Waals surface area contributed by atoms with E-state index in [2.05, 4.69) is 19.7 Å². The number of carbonyl (C=O) groups is 2. The monoisotopic (exact) mass is 360 g/mol. The average molecular weight is 360 g/mol. The van der Waals surface area contributed by atoms with Crippen LogP contribution >= 0.6 is 0 Å². The van der Waals surface area contributed by atoms with E-state index in [4.69, 9.17) is 14.6 Å². The minimum Gasteiger partial charge on any atom is -0.458 e. The van der Waals surface area contributed by atoms with Gasteiger partial charge in [-0.2, -0.15) is 0 Å². The highest BCUT2D eigenvalue weighted by Crippen LogP contribution is 2.52. The molecule has 0 aromatic rings. The highest BCUT2D eigenvalue weighted by molar-refractivity contribution is 5.92. The van der Waals surface area contributed by atoms with Gasteiger partial charge in [-0.3, -0.25) is 0 Å². The summed E-state index contributed by atoms with van der Waals surface area (Å²) in [6, 6.07) is 0. The molecule has 3 fully saturated rings. The molecule has 0 aromatic heterocycles. The van der Waals surface area contributed by atoms with Gasteiger partial charge in [-0.1, -0.05) is 25.3 Å². The topological polar surface area (TPSA) is 93.1 Å². The minimum absolute atomic E-state index is 0.0820. The molecule has 26 heavy (non-hydrogen) atoms. The normalized spacial score (nSPS) is 37.1. The van der Waals surface area contributed by atoms with Gasteiger partial charge in [0.15, 0.2) is 0 Å². The summed E-state index contributed by atoms with van der Waals surface area (Å²) >= 11 is 0. The van der Waals surface area contributed by atoms with Crippen molar-refractivity contribution in [3.8, 4) is 0 Å². The summed E-state index contributed by atoms with van der Waals surface area (Å²) in [7, 11) is 0. The van der Waals surface area contributed by atoms with Crippen molar-refractivity contribution in [2.75, 3.05) is 6.61 Å². The van der Waals surface area contributed by atoms with Crippen LogP contribution in [0.1, 0.15) is 19.8 Å². The second-order valence-corrected chi connectivity index (χ2v) is 7.26. The van der Waals surface area contributed by atoms with E-state index in [0.717, 1.165) is 5.57 Å². The van der Waals surface area contributed by atoms with Gasteiger partial charge in [0, 0.05) is 23.5 Å². The molecular formula is C20H24O6. The lowest BCUT2D eigenvalue weighted by atomic mass is 9.81. The summed E-state index contributed by atoms with van der Waals surface area (Å²) in [6.45, 7) is 13.2. The smallest absolute Gasteiger partial charge is 0.334 e. The fourth-order valence-electron chi connectivity index (χ4n) is 4.32. The van der Waals surface area contributed by atoms with Crippen molar-refractivity contribution in [3.05, 3.63) is 48.1 Å². The Labute approximate surface area is 152 Å². The van der Waals surface area contributed by atoms with E-state index >= 15 is 0 Å². The van der Waals surface area contributed by atoms with Crippen molar-refractivity contribution < 1.29 is 29.3 Å². The lowest BCUT2D eigenvalue weighted by Crippen LogP contribution is -2.36. The molecule has 2 aliphatic carbocycles. The SMILES string of the molecule is C=C1CC(OC(=O)C(C)=CCO)C2C(=C)C(=O)OC2C2C(=C)C(O)CC12. The predicted octanol–water partition coefficient (Wildman–Crippen LogP) is 1.45. The lowest BCUT2D eigenvalue weighted by molar-refractivity contribution is -0.148. The van der Waals surface area contributed by atoms with Crippen molar-refractivity contribution in [2.45, 2.75) is 38.1 Å². The first kappa shape index (κ1) is 18.6. The molecule has 0 radical (unpaired) electrons. The first-order valence-electron chi connectivity index (χ1n) is 8.69. The molecule has 140 valence electrons. The van der Waals surface area contributed by atoms with E-state index in [9.17, 15) is 14.7 Å². The first-order chi connectivity index (χ1) is 12.3. The molecule has 3 aliphatic rings. The Morgan fingerprint density at radius 3 is 2.69 bits per heavy atom. The molecule has 2 N–H and O–H groups in total. The quantitative estimate of drug-likeness (QED) is 0.450. The van der Waals surface area contributed by atoms with E-state index in [-0.39, 0.29) is 29.6 Å². The van der Waals surface area contributed by atoms with Crippen LogP contribution in [0.2, 0.25) is 0 Å². The van der Waals surface area contributed by atoms with Gasteiger partial charge < -0.3 is 19.7 Å². The third kappa shape index (κ3) is 2.93. The molecule has 3 rings (SSSR count). The highest BCUT2D eigenvalue weighted by atomic mass is 16.6. The van der Waals surface area contributed by atoms with Gasteiger partial charge in [-0.05, 0) is 30.9 Å².